The van der Waals surface area contributed by atoms with Crippen LogP contribution in [0.2, 0.25) is 26.2 Å². The minimum atomic E-state index is -4.30. The van der Waals surface area contributed by atoms with Gasteiger partial charge in [0.2, 0.25) is 0 Å². The Morgan fingerprint density at radius 3 is 1.12 bits per heavy atom. The van der Waals surface area contributed by atoms with Crippen LogP contribution in [0.5, 0.6) is 0 Å². The predicted molar refractivity (Wildman–Crippen MR) is 102 cm³/mol. The molecule has 152 valence electrons. The fourth-order valence-corrected chi connectivity index (χ4v) is 21.4. The third-order valence-corrected chi connectivity index (χ3v) is 20.3. The van der Waals surface area contributed by atoms with Crippen LogP contribution in [-0.2, 0) is 41.5 Å². The SMILES string of the molecule is CC[O][Zr]([O]CC)([O][Si](C)(C)OC(C)(C)C)[O][Si](C)(C)OC(C)(C)C. The number of rotatable bonds is 10. The molecule has 0 N–H and O–H groups in total. The molecule has 25 heavy (non-hydrogen) atoms. The van der Waals surface area contributed by atoms with Crippen molar-refractivity contribution in [2.75, 3.05) is 13.2 Å². The molecule has 0 unspecified atom stereocenters. The van der Waals surface area contributed by atoms with Crippen molar-refractivity contribution < 1.29 is 41.5 Å². The molecule has 0 bridgehead atoms. The summed E-state index contributed by atoms with van der Waals surface area (Å²) in [6, 6.07) is 0. The van der Waals surface area contributed by atoms with E-state index in [1.807, 2.05) is 81.6 Å². The van der Waals surface area contributed by atoms with Crippen molar-refractivity contribution in [2.45, 2.75) is 92.8 Å². The van der Waals surface area contributed by atoms with Gasteiger partial charge in [-0.3, -0.25) is 0 Å². The molecule has 6 nitrogen and oxygen atoms in total. The third-order valence-electron chi connectivity index (χ3n) is 2.49. The average Bonchev–Trinajstić information content (AvgIpc) is 2.19. The standard InChI is InChI=1S/2C6H15O2Si.2C2H5O.Zr/c2*1-6(2,3)8-9(4,5)7;2*1-2-3;/h2*1-5H3;2*2H2,1H3;/q4*-1;+4. The van der Waals surface area contributed by atoms with Gasteiger partial charge in [0.15, 0.2) is 0 Å². The zero-order valence-electron chi connectivity index (χ0n) is 18.4. The van der Waals surface area contributed by atoms with E-state index in [1.165, 1.54) is 0 Å². The molecule has 0 aromatic carbocycles. The van der Waals surface area contributed by atoms with Crippen LogP contribution >= 0.6 is 0 Å². The van der Waals surface area contributed by atoms with E-state index < -0.39 is 39.1 Å². The second-order valence-corrected chi connectivity index (χ2v) is 22.1. The van der Waals surface area contributed by atoms with E-state index in [-0.39, 0.29) is 11.2 Å². The van der Waals surface area contributed by atoms with Gasteiger partial charge in [-0.05, 0) is 0 Å². The Morgan fingerprint density at radius 2 is 0.920 bits per heavy atom. The van der Waals surface area contributed by atoms with Gasteiger partial charge in [-0.15, -0.1) is 0 Å². The number of hydrogen-bond acceptors (Lipinski definition) is 6. The van der Waals surface area contributed by atoms with E-state index in [0.29, 0.717) is 13.2 Å². The van der Waals surface area contributed by atoms with Crippen LogP contribution in [0.4, 0.5) is 0 Å². The summed E-state index contributed by atoms with van der Waals surface area (Å²) in [5.41, 5.74) is -0.610. The van der Waals surface area contributed by atoms with Gasteiger partial charge in [0.25, 0.3) is 0 Å². The molecule has 0 aliphatic heterocycles. The molecular formula is C16H40O6Si2Zr. The van der Waals surface area contributed by atoms with E-state index >= 15 is 0 Å². The molecular weight excluding hydrogens is 436 g/mol. The van der Waals surface area contributed by atoms with Gasteiger partial charge in [-0.25, -0.2) is 0 Å². The van der Waals surface area contributed by atoms with E-state index in [0.717, 1.165) is 0 Å². The molecule has 0 aliphatic carbocycles. The molecule has 0 fully saturated rings. The average molecular weight is 476 g/mol. The zero-order valence-corrected chi connectivity index (χ0v) is 22.8. The van der Waals surface area contributed by atoms with E-state index in [4.69, 9.17) is 19.5 Å². The van der Waals surface area contributed by atoms with Gasteiger partial charge < -0.3 is 0 Å². The van der Waals surface area contributed by atoms with E-state index in [9.17, 15) is 0 Å². The van der Waals surface area contributed by atoms with Crippen molar-refractivity contribution in [2.24, 2.45) is 0 Å². The summed E-state index contributed by atoms with van der Waals surface area (Å²) in [4.78, 5) is 0. The first kappa shape index (κ1) is 26.1. The van der Waals surface area contributed by atoms with Crippen LogP contribution in [0, 0.1) is 0 Å². The van der Waals surface area contributed by atoms with Crippen LogP contribution < -0.4 is 0 Å². The van der Waals surface area contributed by atoms with Crippen LogP contribution in [0.1, 0.15) is 55.4 Å². The minimum absolute atomic E-state index is 0.305. The van der Waals surface area contributed by atoms with Crippen LogP contribution in [0.15, 0.2) is 0 Å². The summed E-state index contributed by atoms with van der Waals surface area (Å²) in [5, 5.41) is 0. The van der Waals surface area contributed by atoms with E-state index in [2.05, 4.69) is 0 Å². The summed E-state index contributed by atoms with van der Waals surface area (Å²) >= 11 is -4.30. The molecule has 0 radical (unpaired) electrons. The van der Waals surface area contributed by atoms with Gasteiger partial charge in [0.05, 0.1) is 0 Å². The first-order chi connectivity index (χ1) is 10.9. The third kappa shape index (κ3) is 12.2. The van der Waals surface area contributed by atoms with Gasteiger partial charge in [0.1, 0.15) is 0 Å². The summed E-state index contributed by atoms with van der Waals surface area (Å²) in [6.45, 7) is 24.9. The Hall–Kier alpha value is 1.08. The number of hydrogen-bond donors (Lipinski definition) is 0. The summed E-state index contributed by atoms with van der Waals surface area (Å²) < 4.78 is 37.3. The first-order valence-corrected chi connectivity index (χ1v) is 18.7. The Kier molecular flexibility index (Phi) is 9.93. The van der Waals surface area contributed by atoms with Crippen molar-refractivity contribution in [1.29, 1.82) is 0 Å². The molecule has 9 heteroatoms. The van der Waals surface area contributed by atoms with Gasteiger partial charge >= 0.3 is 165 Å². The molecule has 0 heterocycles. The monoisotopic (exact) mass is 474 g/mol. The molecule has 0 spiro atoms. The fourth-order valence-electron chi connectivity index (χ4n) is 2.65. The Labute approximate surface area is 164 Å². The topological polar surface area (TPSA) is 55.4 Å². The molecule has 0 amide bonds. The van der Waals surface area contributed by atoms with Gasteiger partial charge in [-0.1, -0.05) is 0 Å². The molecule has 0 saturated carbocycles. The predicted octanol–water partition coefficient (Wildman–Crippen LogP) is 4.94. The fraction of sp³-hybridized carbons (Fsp3) is 1.00. The molecule has 0 atom stereocenters. The van der Waals surface area contributed by atoms with Gasteiger partial charge in [0, 0.05) is 0 Å². The second kappa shape index (κ2) is 9.52. The normalized spacial score (nSPS) is 14.9. The summed E-state index contributed by atoms with van der Waals surface area (Å²) in [7, 11) is -5.04. The van der Waals surface area contributed by atoms with Crippen molar-refractivity contribution >= 4 is 17.1 Å². The molecule has 0 rings (SSSR count). The van der Waals surface area contributed by atoms with Crippen molar-refractivity contribution in [3.8, 4) is 0 Å². The second-order valence-electron chi connectivity index (χ2n) is 8.80. The Balaban J connectivity index is 5.56. The summed E-state index contributed by atoms with van der Waals surface area (Å²) in [6.07, 6.45) is 0. The van der Waals surface area contributed by atoms with Crippen LogP contribution in [0.3, 0.4) is 0 Å². The molecule has 0 aromatic heterocycles. The van der Waals surface area contributed by atoms with Crippen molar-refractivity contribution in [1.82, 2.24) is 0 Å². The van der Waals surface area contributed by atoms with Crippen LogP contribution in [-0.4, -0.2) is 41.5 Å². The molecule has 0 aromatic rings. The molecule has 0 aliphatic rings. The van der Waals surface area contributed by atoms with E-state index in [1.54, 1.807) is 0 Å². The summed E-state index contributed by atoms with van der Waals surface area (Å²) in [5.74, 6) is 0. The quantitative estimate of drug-likeness (QED) is 0.417. The Bertz CT molecular complexity index is 366. The zero-order chi connectivity index (χ0) is 20.2. The van der Waals surface area contributed by atoms with Crippen LogP contribution in [0.25, 0.3) is 0 Å². The van der Waals surface area contributed by atoms with Crippen molar-refractivity contribution in [3.63, 3.8) is 0 Å². The molecule has 0 saturated heterocycles. The maximum absolute atomic E-state index is 6.45. The van der Waals surface area contributed by atoms with Crippen molar-refractivity contribution in [3.05, 3.63) is 0 Å². The first-order valence-electron chi connectivity index (χ1n) is 9.03. The van der Waals surface area contributed by atoms with Gasteiger partial charge in [-0.2, -0.15) is 0 Å². The maximum atomic E-state index is 6.45. The Morgan fingerprint density at radius 1 is 0.640 bits per heavy atom.